The maximum atomic E-state index is 12.5. The Hall–Kier alpha value is -2.89. The van der Waals surface area contributed by atoms with Gasteiger partial charge in [-0.1, -0.05) is 6.07 Å². The second-order valence-electron chi connectivity index (χ2n) is 6.83. The fourth-order valence-corrected chi connectivity index (χ4v) is 3.66. The molecule has 1 aliphatic rings. The molecule has 1 aliphatic heterocycles. The molecule has 1 unspecified atom stereocenters. The van der Waals surface area contributed by atoms with Crippen LogP contribution in [0.2, 0.25) is 0 Å². The lowest BCUT2D eigenvalue weighted by atomic mass is 10.0. The third-order valence-electron chi connectivity index (χ3n) is 5.14. The van der Waals surface area contributed by atoms with Gasteiger partial charge < -0.3 is 23.8 Å². The van der Waals surface area contributed by atoms with Gasteiger partial charge in [-0.2, -0.15) is 0 Å². The number of carbonyl (C=O) groups excluding carboxylic acids is 1. The summed E-state index contributed by atoms with van der Waals surface area (Å²) in [6, 6.07) is 11.8. The minimum Gasteiger partial charge on any atom is -0.497 e. The number of benzene rings is 2. The molecule has 1 atom stereocenters. The van der Waals surface area contributed by atoms with E-state index in [2.05, 4.69) is 0 Å². The van der Waals surface area contributed by atoms with Crippen LogP contribution in [-0.2, 0) is 17.8 Å². The molecule has 1 saturated heterocycles. The van der Waals surface area contributed by atoms with Crippen LogP contribution in [0.4, 0.5) is 0 Å². The number of methoxy groups -OCH3 is 4. The van der Waals surface area contributed by atoms with Crippen molar-refractivity contribution < 1.29 is 23.7 Å². The largest absolute Gasteiger partial charge is 0.497 e. The molecule has 0 N–H and O–H groups in total. The summed E-state index contributed by atoms with van der Waals surface area (Å²) >= 11 is 0. The Morgan fingerprint density at radius 3 is 2.14 bits per heavy atom. The van der Waals surface area contributed by atoms with Crippen molar-refractivity contribution in [2.24, 2.45) is 0 Å². The van der Waals surface area contributed by atoms with Crippen molar-refractivity contribution >= 4 is 5.91 Å². The van der Waals surface area contributed by atoms with E-state index in [1.807, 2.05) is 41.3 Å². The monoisotopic (exact) mass is 385 g/mol. The molecular formula is C22H27NO5. The van der Waals surface area contributed by atoms with E-state index in [-0.39, 0.29) is 11.9 Å². The fraction of sp³-hybridized carbons (Fsp3) is 0.409. The van der Waals surface area contributed by atoms with Crippen molar-refractivity contribution in [2.45, 2.75) is 31.8 Å². The second-order valence-corrected chi connectivity index (χ2v) is 6.83. The van der Waals surface area contributed by atoms with Crippen LogP contribution in [0.25, 0.3) is 0 Å². The molecule has 6 heteroatoms. The Balaban J connectivity index is 1.78. The number of ether oxygens (including phenoxy) is 4. The summed E-state index contributed by atoms with van der Waals surface area (Å²) < 4.78 is 21.4. The standard InChI is InChI=1S/C22H27NO5/c1-25-18-10-16(11-19(13-18)26-2)14-23-17(6-8-22(23)24)9-15-5-7-20(27-3)21(12-15)28-4/h5,7,10-13,17H,6,8-9,14H2,1-4H3. The molecule has 0 saturated carbocycles. The molecule has 1 amide bonds. The van der Waals surface area contributed by atoms with Gasteiger partial charge in [-0.15, -0.1) is 0 Å². The average molecular weight is 385 g/mol. The van der Waals surface area contributed by atoms with Crippen molar-refractivity contribution in [3.05, 3.63) is 47.5 Å². The topological polar surface area (TPSA) is 57.2 Å². The number of likely N-dealkylation sites (tertiary alicyclic amines) is 1. The lowest BCUT2D eigenvalue weighted by molar-refractivity contribution is -0.129. The first-order valence-electron chi connectivity index (χ1n) is 9.30. The molecule has 0 bridgehead atoms. The van der Waals surface area contributed by atoms with Crippen LogP contribution in [0.5, 0.6) is 23.0 Å². The van der Waals surface area contributed by atoms with E-state index in [1.165, 1.54) is 0 Å². The zero-order chi connectivity index (χ0) is 20.1. The fourth-order valence-electron chi connectivity index (χ4n) is 3.66. The van der Waals surface area contributed by atoms with Crippen molar-refractivity contribution in [3.63, 3.8) is 0 Å². The van der Waals surface area contributed by atoms with E-state index in [4.69, 9.17) is 18.9 Å². The number of nitrogens with zero attached hydrogens (tertiary/aromatic N) is 1. The highest BCUT2D eigenvalue weighted by Crippen LogP contribution is 2.31. The minimum atomic E-state index is 0.141. The van der Waals surface area contributed by atoms with E-state index in [0.717, 1.165) is 35.5 Å². The predicted octanol–water partition coefficient (Wildman–Crippen LogP) is 3.45. The molecule has 150 valence electrons. The summed E-state index contributed by atoms with van der Waals surface area (Å²) in [6.07, 6.45) is 2.18. The second kappa shape index (κ2) is 8.87. The van der Waals surface area contributed by atoms with Gasteiger partial charge in [0, 0.05) is 25.1 Å². The maximum absolute atomic E-state index is 12.5. The van der Waals surface area contributed by atoms with Crippen molar-refractivity contribution in [1.82, 2.24) is 4.90 Å². The number of rotatable bonds is 8. The van der Waals surface area contributed by atoms with Gasteiger partial charge in [-0.05, 0) is 48.2 Å². The zero-order valence-electron chi connectivity index (χ0n) is 16.9. The van der Waals surface area contributed by atoms with Crippen LogP contribution in [-0.4, -0.2) is 45.3 Å². The van der Waals surface area contributed by atoms with Gasteiger partial charge in [-0.3, -0.25) is 4.79 Å². The van der Waals surface area contributed by atoms with Crippen LogP contribution in [0, 0.1) is 0 Å². The molecule has 1 fully saturated rings. The number of carbonyl (C=O) groups is 1. The first kappa shape index (κ1) is 19.9. The summed E-state index contributed by atoms with van der Waals surface area (Å²) in [5, 5.41) is 0. The summed E-state index contributed by atoms with van der Waals surface area (Å²) in [5.74, 6) is 3.02. The van der Waals surface area contributed by atoms with E-state index in [1.54, 1.807) is 28.4 Å². The molecule has 2 aromatic rings. The van der Waals surface area contributed by atoms with Crippen LogP contribution in [0.1, 0.15) is 24.0 Å². The molecule has 0 aliphatic carbocycles. The molecule has 0 spiro atoms. The molecule has 3 rings (SSSR count). The van der Waals surface area contributed by atoms with Crippen LogP contribution in [0.15, 0.2) is 36.4 Å². The molecule has 2 aromatic carbocycles. The highest BCUT2D eigenvalue weighted by atomic mass is 16.5. The van der Waals surface area contributed by atoms with Gasteiger partial charge >= 0.3 is 0 Å². The van der Waals surface area contributed by atoms with Gasteiger partial charge in [0.05, 0.1) is 28.4 Å². The lowest BCUT2D eigenvalue weighted by Gasteiger charge is -2.26. The normalized spacial score (nSPS) is 16.2. The van der Waals surface area contributed by atoms with Gasteiger partial charge in [0.15, 0.2) is 11.5 Å². The zero-order valence-corrected chi connectivity index (χ0v) is 16.9. The number of hydrogen-bond donors (Lipinski definition) is 0. The smallest absolute Gasteiger partial charge is 0.223 e. The van der Waals surface area contributed by atoms with Crippen molar-refractivity contribution in [3.8, 4) is 23.0 Å². The highest BCUT2D eigenvalue weighted by Gasteiger charge is 2.31. The van der Waals surface area contributed by atoms with Crippen molar-refractivity contribution in [2.75, 3.05) is 28.4 Å². The number of amides is 1. The Morgan fingerprint density at radius 1 is 0.857 bits per heavy atom. The highest BCUT2D eigenvalue weighted by molar-refractivity contribution is 5.78. The van der Waals surface area contributed by atoms with Gasteiger partial charge in [0.1, 0.15) is 11.5 Å². The summed E-state index contributed by atoms with van der Waals surface area (Å²) in [5.41, 5.74) is 2.11. The number of hydrogen-bond acceptors (Lipinski definition) is 5. The Morgan fingerprint density at radius 2 is 1.54 bits per heavy atom. The molecule has 0 aromatic heterocycles. The van der Waals surface area contributed by atoms with Crippen molar-refractivity contribution in [1.29, 1.82) is 0 Å². The van der Waals surface area contributed by atoms with Gasteiger partial charge in [0.25, 0.3) is 0 Å². The van der Waals surface area contributed by atoms with E-state index in [9.17, 15) is 4.79 Å². The van der Waals surface area contributed by atoms with E-state index >= 15 is 0 Å². The first-order chi connectivity index (χ1) is 13.6. The third-order valence-corrected chi connectivity index (χ3v) is 5.14. The SMILES string of the molecule is COc1cc(CN2C(=O)CCC2Cc2ccc(OC)c(OC)c2)cc(OC)c1. The summed E-state index contributed by atoms with van der Waals surface area (Å²) in [7, 11) is 6.50. The molecule has 28 heavy (non-hydrogen) atoms. The van der Waals surface area contributed by atoms with Gasteiger partial charge in [-0.25, -0.2) is 0 Å². The molecule has 1 heterocycles. The summed E-state index contributed by atoms with van der Waals surface area (Å²) in [4.78, 5) is 14.5. The van der Waals surface area contributed by atoms with Crippen LogP contribution < -0.4 is 18.9 Å². The average Bonchev–Trinajstić information content (AvgIpc) is 3.06. The van der Waals surface area contributed by atoms with Crippen LogP contribution >= 0.6 is 0 Å². The first-order valence-corrected chi connectivity index (χ1v) is 9.30. The Labute approximate surface area is 166 Å². The predicted molar refractivity (Wildman–Crippen MR) is 106 cm³/mol. The third kappa shape index (κ3) is 4.32. The van der Waals surface area contributed by atoms with E-state index in [0.29, 0.717) is 24.5 Å². The van der Waals surface area contributed by atoms with E-state index < -0.39 is 0 Å². The maximum Gasteiger partial charge on any atom is 0.223 e. The molecular weight excluding hydrogens is 358 g/mol. The van der Waals surface area contributed by atoms with Crippen LogP contribution in [0.3, 0.4) is 0 Å². The lowest BCUT2D eigenvalue weighted by Crippen LogP contribution is -2.33. The Bertz CT molecular complexity index is 813. The molecule has 0 radical (unpaired) electrons. The quantitative estimate of drug-likeness (QED) is 0.697. The van der Waals surface area contributed by atoms with Gasteiger partial charge in [0.2, 0.25) is 5.91 Å². The minimum absolute atomic E-state index is 0.141. The Kier molecular flexibility index (Phi) is 6.29. The summed E-state index contributed by atoms with van der Waals surface area (Å²) in [6.45, 7) is 0.532. The molecule has 6 nitrogen and oxygen atoms in total.